The van der Waals surface area contributed by atoms with Gasteiger partial charge in [0.05, 0.1) is 23.9 Å². The Morgan fingerprint density at radius 2 is 2.00 bits per heavy atom. The average Bonchev–Trinajstić information content (AvgIpc) is 3.26. The van der Waals surface area contributed by atoms with Crippen molar-refractivity contribution < 1.29 is 23.1 Å². The van der Waals surface area contributed by atoms with Crippen LogP contribution in [0.4, 0.5) is 5.69 Å². The zero-order valence-corrected chi connectivity index (χ0v) is 20.6. The van der Waals surface area contributed by atoms with E-state index in [2.05, 4.69) is 14.6 Å². The molecule has 3 aromatic rings. The van der Waals surface area contributed by atoms with E-state index in [9.17, 15) is 18.3 Å². The average molecular weight is 499 g/mol. The summed E-state index contributed by atoms with van der Waals surface area (Å²) in [6.45, 7) is 1.49. The second kappa shape index (κ2) is 10.6. The van der Waals surface area contributed by atoms with E-state index in [1.54, 1.807) is 30.3 Å². The van der Waals surface area contributed by atoms with Gasteiger partial charge in [0.15, 0.2) is 6.61 Å². The molecule has 0 saturated carbocycles. The standard InChI is InChI=1S/C25H30N4O5S/c1-28(25(31)17-34-24-7-3-6-22-21(24)5-4-13-26-22)16-23(29-14-12-20(30)15-29)18-8-10-19(11-9-18)27-35(2,32)33/h3-11,13,20,23,27,30H,12,14-17H2,1-2H3/t20-,23-/m0/s1. The zero-order chi connectivity index (χ0) is 25.0. The molecule has 1 fully saturated rings. The van der Waals surface area contributed by atoms with Gasteiger partial charge in [0.2, 0.25) is 10.0 Å². The number of aromatic nitrogens is 1. The Balaban J connectivity index is 1.45. The van der Waals surface area contributed by atoms with E-state index in [0.717, 1.165) is 22.7 Å². The Bertz CT molecular complexity index is 1280. The second-order valence-electron chi connectivity index (χ2n) is 8.84. The van der Waals surface area contributed by atoms with Gasteiger partial charge in [-0.3, -0.25) is 19.4 Å². The highest BCUT2D eigenvalue weighted by atomic mass is 32.2. The number of hydrogen-bond acceptors (Lipinski definition) is 7. The Kier molecular flexibility index (Phi) is 7.54. The van der Waals surface area contributed by atoms with Gasteiger partial charge in [0.1, 0.15) is 5.75 Å². The molecule has 1 amide bonds. The molecule has 2 heterocycles. The van der Waals surface area contributed by atoms with Crippen molar-refractivity contribution in [3.63, 3.8) is 0 Å². The number of benzene rings is 2. The molecule has 0 radical (unpaired) electrons. The molecule has 0 spiro atoms. The number of nitrogens with one attached hydrogen (secondary N) is 1. The van der Waals surface area contributed by atoms with E-state index < -0.39 is 16.1 Å². The monoisotopic (exact) mass is 498 g/mol. The van der Waals surface area contributed by atoms with Crippen LogP contribution in [-0.4, -0.2) is 79.9 Å². The quantitative estimate of drug-likeness (QED) is 0.465. The van der Waals surface area contributed by atoms with Crippen molar-refractivity contribution in [2.24, 2.45) is 0 Å². The van der Waals surface area contributed by atoms with Crippen LogP contribution in [0.15, 0.2) is 60.8 Å². The third kappa shape index (κ3) is 6.47. The molecule has 35 heavy (non-hydrogen) atoms. The summed E-state index contributed by atoms with van der Waals surface area (Å²) in [5, 5.41) is 10.9. The zero-order valence-electron chi connectivity index (χ0n) is 19.8. The number of amides is 1. The molecule has 4 rings (SSSR count). The fraction of sp³-hybridized carbons (Fsp3) is 0.360. The number of likely N-dealkylation sites (tertiary alicyclic amines) is 1. The lowest BCUT2D eigenvalue weighted by Crippen LogP contribution is -2.40. The highest BCUT2D eigenvalue weighted by Gasteiger charge is 2.30. The van der Waals surface area contributed by atoms with E-state index >= 15 is 0 Å². The van der Waals surface area contributed by atoms with Crippen LogP contribution >= 0.6 is 0 Å². The predicted octanol–water partition coefficient (Wildman–Crippen LogP) is 2.25. The first-order valence-electron chi connectivity index (χ1n) is 11.4. The van der Waals surface area contributed by atoms with Gasteiger partial charge in [-0.25, -0.2) is 8.42 Å². The first-order chi connectivity index (χ1) is 16.7. The summed E-state index contributed by atoms with van der Waals surface area (Å²) in [5.41, 5.74) is 2.20. The van der Waals surface area contributed by atoms with Crippen molar-refractivity contribution in [3.05, 3.63) is 66.4 Å². The van der Waals surface area contributed by atoms with Crippen molar-refractivity contribution in [2.45, 2.75) is 18.6 Å². The molecule has 0 unspecified atom stereocenters. The summed E-state index contributed by atoms with van der Waals surface area (Å²) in [6, 6.07) is 16.2. The number of carbonyl (C=O) groups is 1. The highest BCUT2D eigenvalue weighted by Crippen LogP contribution is 2.28. The molecule has 2 aromatic carbocycles. The Hall–Kier alpha value is -3.21. The van der Waals surface area contributed by atoms with Crippen molar-refractivity contribution in [1.82, 2.24) is 14.8 Å². The number of likely N-dealkylation sites (N-methyl/N-ethyl adjacent to an activating group) is 1. The number of aliphatic hydroxyl groups is 1. The van der Waals surface area contributed by atoms with Gasteiger partial charge in [-0.05, 0) is 48.4 Å². The first kappa shape index (κ1) is 24.9. The van der Waals surface area contributed by atoms with Crippen LogP contribution in [0.25, 0.3) is 10.9 Å². The van der Waals surface area contributed by atoms with Crippen LogP contribution in [0.3, 0.4) is 0 Å². The summed E-state index contributed by atoms with van der Waals surface area (Å²) < 4.78 is 31.3. The van der Waals surface area contributed by atoms with Gasteiger partial charge < -0.3 is 14.7 Å². The highest BCUT2D eigenvalue weighted by molar-refractivity contribution is 7.92. The van der Waals surface area contributed by atoms with Crippen LogP contribution in [-0.2, 0) is 14.8 Å². The third-order valence-electron chi connectivity index (χ3n) is 6.06. The maximum absolute atomic E-state index is 12.9. The second-order valence-corrected chi connectivity index (χ2v) is 10.6. The molecule has 1 aliphatic heterocycles. The summed E-state index contributed by atoms with van der Waals surface area (Å²) in [6.07, 6.45) is 3.07. The van der Waals surface area contributed by atoms with Gasteiger partial charge in [-0.1, -0.05) is 18.2 Å². The minimum Gasteiger partial charge on any atom is -0.483 e. The molecular formula is C25H30N4O5S. The van der Waals surface area contributed by atoms with E-state index in [0.29, 0.717) is 37.5 Å². The smallest absolute Gasteiger partial charge is 0.260 e. The maximum atomic E-state index is 12.9. The Morgan fingerprint density at radius 3 is 2.69 bits per heavy atom. The molecule has 2 N–H and O–H groups in total. The molecule has 10 heteroatoms. The number of pyridine rings is 1. The number of hydrogen-bond donors (Lipinski definition) is 2. The fourth-order valence-electron chi connectivity index (χ4n) is 4.28. The molecule has 0 bridgehead atoms. The Labute approximate surface area is 205 Å². The number of anilines is 1. The third-order valence-corrected chi connectivity index (χ3v) is 6.67. The van der Waals surface area contributed by atoms with Gasteiger partial charge in [0, 0.05) is 44.0 Å². The van der Waals surface area contributed by atoms with Gasteiger partial charge in [-0.2, -0.15) is 0 Å². The lowest BCUT2D eigenvalue weighted by Gasteiger charge is -2.32. The number of aliphatic hydroxyl groups excluding tert-OH is 1. The number of β-amino-alcohol motifs (C(OH)–C–C–N with tert-alkyl or cyclic N) is 1. The normalized spacial score (nSPS) is 17.3. The fourth-order valence-corrected chi connectivity index (χ4v) is 4.85. The minimum atomic E-state index is -3.37. The SMILES string of the molecule is CN(C[C@@H](c1ccc(NS(C)(=O)=O)cc1)N1CC[C@H](O)C1)C(=O)COc1cccc2ncccc12. The number of nitrogens with zero attached hydrogens (tertiary/aromatic N) is 3. The van der Waals surface area contributed by atoms with Crippen molar-refractivity contribution in [3.8, 4) is 5.75 Å². The molecule has 9 nitrogen and oxygen atoms in total. The molecular weight excluding hydrogens is 468 g/mol. The van der Waals surface area contributed by atoms with E-state index in [1.165, 1.54) is 0 Å². The van der Waals surface area contributed by atoms with Crippen molar-refractivity contribution >= 4 is 32.5 Å². The number of sulfonamides is 1. The van der Waals surface area contributed by atoms with Crippen molar-refractivity contribution in [2.75, 3.05) is 44.3 Å². The lowest BCUT2D eigenvalue weighted by atomic mass is 10.0. The molecule has 186 valence electrons. The molecule has 1 saturated heterocycles. The van der Waals surface area contributed by atoms with E-state index in [4.69, 9.17) is 4.74 Å². The van der Waals surface area contributed by atoms with Crippen LogP contribution < -0.4 is 9.46 Å². The molecule has 1 aromatic heterocycles. The molecule has 1 aliphatic rings. The Morgan fingerprint density at radius 1 is 1.23 bits per heavy atom. The van der Waals surface area contributed by atoms with Crippen LogP contribution in [0.5, 0.6) is 5.75 Å². The van der Waals surface area contributed by atoms with E-state index in [-0.39, 0.29) is 18.6 Å². The number of carbonyl (C=O) groups excluding carboxylic acids is 1. The van der Waals surface area contributed by atoms with Crippen LogP contribution in [0, 0.1) is 0 Å². The van der Waals surface area contributed by atoms with Gasteiger partial charge >= 0.3 is 0 Å². The van der Waals surface area contributed by atoms with Crippen LogP contribution in [0.2, 0.25) is 0 Å². The largest absolute Gasteiger partial charge is 0.483 e. The van der Waals surface area contributed by atoms with Crippen LogP contribution in [0.1, 0.15) is 18.0 Å². The minimum absolute atomic E-state index is 0.114. The number of fused-ring (bicyclic) bond motifs is 1. The van der Waals surface area contributed by atoms with Gasteiger partial charge in [-0.15, -0.1) is 0 Å². The summed E-state index contributed by atoms with van der Waals surface area (Å²) in [5.74, 6) is 0.427. The van der Waals surface area contributed by atoms with E-state index in [1.807, 2.05) is 42.5 Å². The number of ether oxygens (including phenoxy) is 1. The van der Waals surface area contributed by atoms with Crippen molar-refractivity contribution in [1.29, 1.82) is 0 Å². The summed E-state index contributed by atoms with van der Waals surface area (Å²) in [4.78, 5) is 21.0. The van der Waals surface area contributed by atoms with Gasteiger partial charge in [0.25, 0.3) is 5.91 Å². The first-order valence-corrected chi connectivity index (χ1v) is 13.3. The number of rotatable bonds is 9. The topological polar surface area (TPSA) is 112 Å². The summed E-state index contributed by atoms with van der Waals surface area (Å²) in [7, 11) is -1.64. The maximum Gasteiger partial charge on any atom is 0.260 e. The predicted molar refractivity (Wildman–Crippen MR) is 135 cm³/mol. The molecule has 0 aliphatic carbocycles. The lowest BCUT2D eigenvalue weighted by molar-refractivity contribution is -0.132. The molecule has 2 atom stereocenters. The summed E-state index contributed by atoms with van der Waals surface area (Å²) >= 11 is 0.